The lowest BCUT2D eigenvalue weighted by Crippen LogP contribution is -2.40. The summed E-state index contributed by atoms with van der Waals surface area (Å²) in [6.07, 6.45) is 4.85. The van der Waals surface area contributed by atoms with E-state index in [0.717, 1.165) is 59.6 Å². The van der Waals surface area contributed by atoms with Crippen LogP contribution in [-0.2, 0) is 9.53 Å². The maximum absolute atomic E-state index is 14.0. The molecule has 2 unspecified atom stereocenters. The summed E-state index contributed by atoms with van der Waals surface area (Å²) in [5.41, 5.74) is 5.99. The smallest absolute Gasteiger partial charge is 0.308 e. The van der Waals surface area contributed by atoms with Crippen molar-refractivity contribution in [2.45, 2.75) is 64.1 Å². The maximum Gasteiger partial charge on any atom is 0.308 e. The lowest BCUT2D eigenvalue weighted by molar-refractivity contribution is -0.143. The van der Waals surface area contributed by atoms with Gasteiger partial charge in [0, 0.05) is 36.2 Å². The van der Waals surface area contributed by atoms with Crippen LogP contribution in [0.3, 0.4) is 0 Å². The highest BCUT2D eigenvalue weighted by Crippen LogP contribution is 2.43. The Bertz CT molecular complexity index is 1260. The number of hydrogen-bond donors (Lipinski definition) is 2. The van der Waals surface area contributed by atoms with E-state index in [-0.39, 0.29) is 24.6 Å². The quantitative estimate of drug-likeness (QED) is 0.317. The number of esters is 1. The zero-order valence-electron chi connectivity index (χ0n) is 23.0. The first-order chi connectivity index (χ1) is 18.8. The second-order valence-electron chi connectivity index (χ2n) is 10.5. The van der Waals surface area contributed by atoms with Gasteiger partial charge in [-0.15, -0.1) is 0 Å². The molecule has 1 aliphatic rings. The molecule has 2 aromatic carbocycles. The number of aliphatic hydroxyl groups excluding tert-OH is 2. The van der Waals surface area contributed by atoms with Crippen molar-refractivity contribution in [3.8, 4) is 22.4 Å². The number of carbonyl (C=O) groups is 1. The zero-order valence-corrected chi connectivity index (χ0v) is 23.0. The third kappa shape index (κ3) is 6.78. The molecule has 4 rings (SSSR count). The first-order valence-electron chi connectivity index (χ1n) is 13.8. The molecule has 2 heterocycles. The third-order valence-corrected chi connectivity index (χ3v) is 7.19. The van der Waals surface area contributed by atoms with Crippen molar-refractivity contribution >= 4 is 12.0 Å². The van der Waals surface area contributed by atoms with Crippen molar-refractivity contribution < 1.29 is 24.1 Å². The van der Waals surface area contributed by atoms with Crippen molar-refractivity contribution in [2.75, 3.05) is 25.2 Å². The molecule has 0 saturated carbocycles. The molecule has 0 radical (unpaired) electrons. The predicted octanol–water partition coefficient (Wildman–Crippen LogP) is 5.89. The average Bonchev–Trinajstić information content (AvgIpc) is 3.28. The largest absolute Gasteiger partial charge is 0.469 e. The molecule has 1 saturated heterocycles. The van der Waals surface area contributed by atoms with Crippen molar-refractivity contribution in [2.24, 2.45) is 0 Å². The topological polar surface area (TPSA) is 74.9 Å². The molecule has 0 bridgehead atoms. The molecular weight excluding hydrogens is 495 g/mol. The van der Waals surface area contributed by atoms with Crippen molar-refractivity contribution in [1.82, 2.24) is 4.68 Å². The molecule has 0 aliphatic carbocycles. The maximum atomic E-state index is 14.0. The molecule has 2 atom stereocenters. The Morgan fingerprint density at radius 3 is 2.28 bits per heavy atom. The lowest BCUT2D eigenvalue weighted by atomic mass is 9.94. The molecule has 7 heteroatoms. The fourth-order valence-electron chi connectivity index (χ4n) is 5.39. The molecule has 0 amide bonds. The average molecular weight is 535 g/mol. The summed E-state index contributed by atoms with van der Waals surface area (Å²) >= 11 is 0. The number of aromatic nitrogens is 1. The minimum absolute atomic E-state index is 0.00681. The van der Waals surface area contributed by atoms with E-state index in [4.69, 9.17) is 0 Å². The van der Waals surface area contributed by atoms with E-state index in [2.05, 4.69) is 40.4 Å². The fraction of sp³-hybridized carbons (Fsp3) is 0.406. The Hall–Kier alpha value is -3.42. The SMILES string of the molecule is COC(=O)CC(O)CC(O)C=Cc1c(-c2ccc(F)cc2)c(-c2ccccc2)n(N2CCCCC2)c1C(C)C. The Morgan fingerprint density at radius 2 is 1.67 bits per heavy atom. The van der Waals surface area contributed by atoms with E-state index in [1.807, 2.05) is 24.3 Å². The first kappa shape index (κ1) is 28.6. The van der Waals surface area contributed by atoms with Gasteiger partial charge in [-0.1, -0.05) is 68.5 Å². The van der Waals surface area contributed by atoms with Crippen LogP contribution in [0.4, 0.5) is 4.39 Å². The highest BCUT2D eigenvalue weighted by Gasteiger charge is 2.29. The summed E-state index contributed by atoms with van der Waals surface area (Å²) in [5.74, 6) is -0.678. The van der Waals surface area contributed by atoms with Crippen LogP contribution in [-0.4, -0.2) is 53.3 Å². The molecule has 39 heavy (non-hydrogen) atoms. The van der Waals surface area contributed by atoms with Crippen molar-refractivity contribution in [1.29, 1.82) is 0 Å². The van der Waals surface area contributed by atoms with Crippen LogP contribution in [0.1, 0.15) is 63.1 Å². The Labute approximate surface area is 230 Å². The summed E-state index contributed by atoms with van der Waals surface area (Å²) in [6.45, 7) is 6.19. The van der Waals surface area contributed by atoms with Gasteiger partial charge in [0.1, 0.15) is 5.82 Å². The van der Waals surface area contributed by atoms with Crippen molar-refractivity contribution in [3.05, 3.63) is 77.7 Å². The molecule has 6 nitrogen and oxygen atoms in total. The monoisotopic (exact) mass is 534 g/mol. The van der Waals surface area contributed by atoms with Crippen LogP contribution in [0, 0.1) is 5.82 Å². The number of ether oxygens (including phenoxy) is 1. The molecule has 3 aromatic rings. The highest BCUT2D eigenvalue weighted by molar-refractivity contribution is 5.90. The van der Waals surface area contributed by atoms with E-state index >= 15 is 0 Å². The van der Waals surface area contributed by atoms with E-state index in [0.29, 0.717) is 0 Å². The van der Waals surface area contributed by atoms with Gasteiger partial charge >= 0.3 is 5.97 Å². The summed E-state index contributed by atoms with van der Waals surface area (Å²) in [4.78, 5) is 11.5. The number of nitrogens with zero attached hydrogens (tertiary/aromatic N) is 2. The van der Waals surface area contributed by atoms with Crippen LogP contribution in [0.25, 0.3) is 28.5 Å². The third-order valence-electron chi connectivity index (χ3n) is 7.19. The van der Waals surface area contributed by atoms with Gasteiger partial charge in [0.15, 0.2) is 0 Å². The molecule has 1 aromatic heterocycles. The van der Waals surface area contributed by atoms with E-state index < -0.39 is 18.2 Å². The number of piperidine rings is 1. The molecule has 1 fully saturated rings. The van der Waals surface area contributed by atoms with Crippen LogP contribution < -0.4 is 5.01 Å². The number of aliphatic hydroxyl groups is 2. The lowest BCUT2D eigenvalue weighted by Gasteiger charge is -2.34. The van der Waals surface area contributed by atoms with Gasteiger partial charge in [0.25, 0.3) is 0 Å². The number of rotatable bonds is 10. The number of hydrogen-bond acceptors (Lipinski definition) is 5. The number of benzene rings is 2. The number of halogens is 1. The fourth-order valence-corrected chi connectivity index (χ4v) is 5.39. The zero-order chi connectivity index (χ0) is 27.9. The van der Waals surface area contributed by atoms with Gasteiger partial charge < -0.3 is 20.0 Å². The second-order valence-corrected chi connectivity index (χ2v) is 10.5. The van der Waals surface area contributed by atoms with Gasteiger partial charge in [-0.05, 0) is 42.9 Å². The summed E-state index contributed by atoms with van der Waals surface area (Å²) in [5, 5.41) is 23.4. The minimum Gasteiger partial charge on any atom is -0.469 e. The summed E-state index contributed by atoms with van der Waals surface area (Å²) in [6, 6.07) is 16.8. The van der Waals surface area contributed by atoms with Crippen LogP contribution >= 0.6 is 0 Å². The molecule has 2 N–H and O–H groups in total. The predicted molar refractivity (Wildman–Crippen MR) is 153 cm³/mol. The number of methoxy groups -OCH3 is 1. The Morgan fingerprint density at radius 1 is 1.00 bits per heavy atom. The first-order valence-corrected chi connectivity index (χ1v) is 13.8. The van der Waals surface area contributed by atoms with Crippen LogP contribution in [0.15, 0.2) is 60.7 Å². The van der Waals surface area contributed by atoms with E-state index in [9.17, 15) is 19.4 Å². The molecule has 1 aliphatic heterocycles. The molecule has 208 valence electrons. The van der Waals surface area contributed by atoms with Gasteiger partial charge in [0.2, 0.25) is 0 Å². The van der Waals surface area contributed by atoms with E-state index in [1.165, 1.54) is 25.7 Å². The van der Waals surface area contributed by atoms with Crippen LogP contribution in [0.5, 0.6) is 0 Å². The van der Waals surface area contributed by atoms with Gasteiger partial charge in [-0.3, -0.25) is 9.47 Å². The Balaban J connectivity index is 1.90. The number of carbonyl (C=O) groups excluding carboxylic acids is 1. The minimum atomic E-state index is -1.02. The normalized spacial score (nSPS) is 15.6. The standard InChI is InChI=1S/C32H39FN2O4/c1-22(2)31-28(17-16-26(36)20-27(37)21-29(38)39-3)30(23-12-14-25(33)15-13-23)32(24-10-6-4-7-11-24)35(31)34-18-8-5-9-19-34/h4,6-7,10-17,22,26-27,36-37H,5,8-9,18-21H2,1-3H3. The van der Waals surface area contributed by atoms with Gasteiger partial charge in [-0.25, -0.2) is 4.39 Å². The summed E-state index contributed by atoms with van der Waals surface area (Å²) in [7, 11) is 1.27. The van der Waals surface area contributed by atoms with Crippen molar-refractivity contribution in [3.63, 3.8) is 0 Å². The molecule has 0 spiro atoms. The van der Waals surface area contributed by atoms with Crippen LogP contribution in [0.2, 0.25) is 0 Å². The highest BCUT2D eigenvalue weighted by atomic mass is 19.1. The van der Waals surface area contributed by atoms with Gasteiger partial charge in [-0.2, -0.15) is 0 Å². The molecular formula is C32H39FN2O4. The Kier molecular flexibility index (Phi) is 9.59. The van der Waals surface area contributed by atoms with E-state index in [1.54, 1.807) is 18.2 Å². The van der Waals surface area contributed by atoms with Gasteiger partial charge in [0.05, 0.1) is 37.1 Å². The second kappa shape index (κ2) is 13.1. The summed E-state index contributed by atoms with van der Waals surface area (Å²) < 4.78 is 21.0.